The Labute approximate surface area is 455 Å². The molecule has 8 amide bonds. The van der Waals surface area contributed by atoms with Crippen molar-refractivity contribution in [2.75, 3.05) is 19.6 Å². The fraction of sp³-hybridized carbons (Fsp3) is 0.596. The number of nitrogens with one attached hydrogen (secondary N) is 10. The Hall–Kier alpha value is -7.77. The van der Waals surface area contributed by atoms with E-state index in [0.717, 1.165) is 22.9 Å². The van der Waals surface area contributed by atoms with Crippen molar-refractivity contribution in [1.29, 1.82) is 0 Å². The summed E-state index contributed by atoms with van der Waals surface area (Å²) in [6.45, 7) is 11.9. The quantitative estimate of drug-likeness (QED) is 0.0189. The van der Waals surface area contributed by atoms with E-state index in [9.17, 15) is 38.4 Å². The largest absolute Gasteiger partial charge is 0.370 e. The van der Waals surface area contributed by atoms with Crippen LogP contribution in [0.2, 0.25) is 0 Å². The maximum absolute atomic E-state index is 14.5. The van der Waals surface area contributed by atoms with Gasteiger partial charge in [-0.1, -0.05) is 59.7 Å². The average Bonchev–Trinajstić information content (AvgIpc) is 4.18. The zero-order valence-corrected chi connectivity index (χ0v) is 45.8. The second kappa shape index (κ2) is 31.5. The van der Waals surface area contributed by atoms with Gasteiger partial charge in [0.1, 0.15) is 42.3 Å². The minimum absolute atomic E-state index is 0.00227. The molecule has 0 spiro atoms. The number of aromatic amines is 2. The lowest BCUT2D eigenvalue weighted by Crippen LogP contribution is -2.60. The number of imidazole rings is 1. The smallest absolute Gasteiger partial charge is 0.243 e. The molecule has 0 saturated carbocycles. The number of benzene rings is 1. The van der Waals surface area contributed by atoms with Crippen molar-refractivity contribution in [2.45, 2.75) is 161 Å². The van der Waals surface area contributed by atoms with Crippen molar-refractivity contribution in [3.63, 3.8) is 0 Å². The van der Waals surface area contributed by atoms with Gasteiger partial charge in [0, 0.05) is 54.9 Å². The van der Waals surface area contributed by atoms with E-state index < -0.39 is 89.7 Å². The summed E-state index contributed by atoms with van der Waals surface area (Å²) in [6.07, 6.45) is 6.93. The molecule has 20 N–H and O–H groups in total. The lowest BCUT2D eigenvalue weighted by Gasteiger charge is -2.29. The lowest BCUT2D eigenvalue weighted by molar-refractivity contribution is -0.136. The molecule has 1 aliphatic rings. The molecule has 26 nitrogen and oxygen atoms in total. The number of hydrogen-bond donors (Lipinski definition) is 15. The molecule has 0 radical (unpaired) electrons. The molecule has 1 fully saturated rings. The summed E-state index contributed by atoms with van der Waals surface area (Å²) in [6, 6.07) is -1.42. The van der Waals surface area contributed by atoms with Gasteiger partial charge in [0.15, 0.2) is 11.9 Å². The molecule has 1 aliphatic heterocycles. The minimum Gasteiger partial charge on any atom is -0.370 e. The van der Waals surface area contributed by atoms with Gasteiger partial charge in [0.25, 0.3) is 0 Å². The Morgan fingerprint density at radius 1 is 0.590 bits per heavy atom. The van der Waals surface area contributed by atoms with Crippen LogP contribution in [-0.4, -0.2) is 142 Å². The Balaban J connectivity index is 1.61. The van der Waals surface area contributed by atoms with Gasteiger partial charge in [-0.05, 0) is 93.7 Å². The highest BCUT2D eigenvalue weighted by Gasteiger charge is 2.36. The highest BCUT2D eigenvalue weighted by Crippen LogP contribution is 2.20. The molecule has 78 heavy (non-hydrogen) atoms. The van der Waals surface area contributed by atoms with Crippen LogP contribution in [0.25, 0.3) is 10.9 Å². The summed E-state index contributed by atoms with van der Waals surface area (Å²) in [5.74, 6) is -6.11. The first-order valence-electron chi connectivity index (χ1n) is 26.8. The maximum Gasteiger partial charge on any atom is 0.243 e. The first-order chi connectivity index (χ1) is 37.0. The van der Waals surface area contributed by atoms with E-state index in [1.807, 2.05) is 65.8 Å². The summed E-state index contributed by atoms with van der Waals surface area (Å²) in [5.41, 5.74) is 30.1. The molecule has 0 bridgehead atoms. The summed E-state index contributed by atoms with van der Waals surface area (Å²) in [5, 5.41) is 23.5. The summed E-state index contributed by atoms with van der Waals surface area (Å²) >= 11 is 0. The number of guanidine groups is 2. The van der Waals surface area contributed by atoms with Crippen LogP contribution < -0.4 is 71.2 Å². The van der Waals surface area contributed by atoms with Crippen LogP contribution in [-0.2, 0) is 51.2 Å². The third-order valence-corrected chi connectivity index (χ3v) is 12.9. The Kier molecular flexibility index (Phi) is 25.3. The number of nitrogens with two attached hydrogens (primary N) is 5. The standard InChI is InChI=1S/C52H84N18O8/c1-28(2)20-38(43(53)71)66-50(78)42(24-32-26-58-27-63-32)70-48(76)40(22-30(5)6)68-45(73)36(15-10-18-60-51(54)55)64-47(75)39(21-29(3)4)67-46(74)37(16-11-19-61-52(56)57)65-49(77)41(69-44(72)35-14-9-17-59-35)23-31-25-62-34-13-8-7-12-33(31)34/h7-8,12-13,25-30,35-42,59,62H,9-11,14-24H2,1-6H3,(H2,53,71)(H,58,63)(H,64,75)(H,65,77)(H,66,78)(H,67,74)(H,68,73)(H,69,72)(H,70,76)(H4,54,55,60)(H4,56,57,61)/t35-,36-,37-,38-,39-,40-,41-,42-/m0/s1. The van der Waals surface area contributed by atoms with E-state index in [2.05, 4.69) is 67.5 Å². The van der Waals surface area contributed by atoms with E-state index in [0.29, 0.717) is 18.7 Å². The van der Waals surface area contributed by atoms with Crippen LogP contribution >= 0.6 is 0 Å². The van der Waals surface area contributed by atoms with Crippen molar-refractivity contribution < 1.29 is 38.4 Å². The number of nitrogens with zero attached hydrogens (tertiary/aromatic N) is 3. The Bertz CT molecular complexity index is 2510. The second-order valence-electron chi connectivity index (χ2n) is 21.1. The van der Waals surface area contributed by atoms with E-state index in [1.54, 1.807) is 6.20 Å². The number of aromatic nitrogens is 3. The van der Waals surface area contributed by atoms with Crippen molar-refractivity contribution in [3.8, 4) is 0 Å². The number of hydrogen-bond acceptors (Lipinski definition) is 12. The van der Waals surface area contributed by atoms with Crippen molar-refractivity contribution in [2.24, 2.45) is 56.4 Å². The van der Waals surface area contributed by atoms with Crippen LogP contribution in [0.4, 0.5) is 0 Å². The van der Waals surface area contributed by atoms with Crippen LogP contribution in [0, 0.1) is 17.8 Å². The summed E-state index contributed by atoms with van der Waals surface area (Å²) < 4.78 is 0. The fourth-order valence-electron chi connectivity index (χ4n) is 9.04. The zero-order valence-electron chi connectivity index (χ0n) is 45.8. The SMILES string of the molecule is CC(C)C[C@H](NC(=O)[C@H](Cc1cnc[nH]1)NC(=O)[C@H](CC(C)C)NC(=O)[C@H](CCCN=C(N)N)NC(=O)[C@H](CC(C)C)NC(=O)[C@H](CCCN=C(N)N)NC(=O)[C@H](Cc1c[nH]c2ccccc12)NC(=O)[C@@H]1CCCN1)C(N)=O. The van der Waals surface area contributed by atoms with Gasteiger partial charge < -0.3 is 81.2 Å². The van der Waals surface area contributed by atoms with Gasteiger partial charge in [-0.25, -0.2) is 4.98 Å². The molecule has 0 unspecified atom stereocenters. The molecule has 26 heteroatoms. The topological polar surface area (TPSA) is 432 Å². The number of fused-ring (bicyclic) bond motifs is 1. The molecule has 1 aromatic carbocycles. The molecular weight excluding hydrogens is 1000 g/mol. The second-order valence-corrected chi connectivity index (χ2v) is 21.1. The number of carbonyl (C=O) groups is 8. The van der Waals surface area contributed by atoms with Crippen molar-refractivity contribution in [1.82, 2.24) is 57.5 Å². The van der Waals surface area contributed by atoms with Crippen LogP contribution in [0.15, 0.2) is 53.0 Å². The molecule has 430 valence electrons. The zero-order chi connectivity index (χ0) is 57.5. The molecule has 1 saturated heterocycles. The fourth-order valence-corrected chi connectivity index (χ4v) is 9.04. The summed E-state index contributed by atoms with van der Waals surface area (Å²) in [7, 11) is 0. The first kappa shape index (κ1) is 62.8. The highest BCUT2D eigenvalue weighted by atomic mass is 16.2. The third-order valence-electron chi connectivity index (χ3n) is 12.9. The highest BCUT2D eigenvalue weighted by molar-refractivity contribution is 5.98. The van der Waals surface area contributed by atoms with Gasteiger partial charge in [-0.2, -0.15) is 0 Å². The van der Waals surface area contributed by atoms with Gasteiger partial charge in [-0.15, -0.1) is 0 Å². The number of aliphatic imine (C=N–C) groups is 2. The monoisotopic (exact) mass is 1090 g/mol. The molecule has 8 atom stereocenters. The lowest BCUT2D eigenvalue weighted by atomic mass is 9.99. The van der Waals surface area contributed by atoms with E-state index in [1.165, 1.54) is 12.5 Å². The van der Waals surface area contributed by atoms with E-state index >= 15 is 0 Å². The first-order valence-corrected chi connectivity index (χ1v) is 26.8. The van der Waals surface area contributed by atoms with Gasteiger partial charge in [0.2, 0.25) is 47.3 Å². The van der Waals surface area contributed by atoms with Crippen LogP contribution in [0.5, 0.6) is 0 Å². The average molecular weight is 1090 g/mol. The number of rotatable bonds is 33. The van der Waals surface area contributed by atoms with Crippen LogP contribution in [0.3, 0.4) is 0 Å². The van der Waals surface area contributed by atoms with Gasteiger partial charge in [-0.3, -0.25) is 48.3 Å². The minimum atomic E-state index is -1.31. The Morgan fingerprint density at radius 2 is 1.05 bits per heavy atom. The van der Waals surface area contributed by atoms with Gasteiger partial charge in [0.05, 0.1) is 12.4 Å². The van der Waals surface area contributed by atoms with Crippen molar-refractivity contribution in [3.05, 3.63) is 54.2 Å². The van der Waals surface area contributed by atoms with E-state index in [-0.39, 0.29) is 106 Å². The third kappa shape index (κ3) is 21.3. The maximum atomic E-state index is 14.5. The molecule has 3 aromatic rings. The van der Waals surface area contributed by atoms with Gasteiger partial charge >= 0.3 is 0 Å². The number of carbonyl (C=O) groups excluding carboxylic acids is 8. The molecule has 2 aromatic heterocycles. The van der Waals surface area contributed by atoms with Crippen molar-refractivity contribution >= 4 is 70.1 Å². The summed E-state index contributed by atoms with van der Waals surface area (Å²) in [4.78, 5) is 130. The van der Waals surface area contributed by atoms with Crippen LogP contribution in [0.1, 0.15) is 111 Å². The number of amides is 8. The predicted octanol–water partition coefficient (Wildman–Crippen LogP) is -1.45. The molecule has 3 heterocycles. The Morgan fingerprint density at radius 3 is 1.53 bits per heavy atom. The predicted molar refractivity (Wildman–Crippen MR) is 296 cm³/mol. The molecular formula is C52H84N18O8. The molecule has 0 aliphatic carbocycles. The van der Waals surface area contributed by atoms with E-state index in [4.69, 9.17) is 28.7 Å². The number of H-pyrrole nitrogens is 2. The molecule has 4 rings (SSSR count). The normalized spacial score (nSPS) is 15.9. The number of para-hydroxylation sites is 1. The number of primary amides is 1.